The zero-order valence-electron chi connectivity index (χ0n) is 9.14. The number of ether oxygens (including phenoxy) is 1. The molecule has 0 aromatic heterocycles. The van der Waals surface area contributed by atoms with E-state index in [4.69, 9.17) is 4.74 Å². The molecule has 0 radical (unpaired) electrons. The monoisotopic (exact) mass is 209 g/mol. The van der Waals surface area contributed by atoms with Crippen LogP contribution < -0.4 is 10.1 Å². The Labute approximate surface area is 89.4 Å². The molecule has 0 aliphatic heterocycles. The van der Waals surface area contributed by atoms with Crippen molar-refractivity contribution in [2.45, 2.75) is 18.3 Å². The fraction of sp³-hybridized carbons (Fsp3) is 0.500. The highest BCUT2D eigenvalue weighted by atomic mass is 19.1. The third-order valence-corrected chi connectivity index (χ3v) is 3.10. The molecule has 1 aromatic carbocycles. The van der Waals surface area contributed by atoms with Crippen molar-refractivity contribution in [1.29, 1.82) is 0 Å². The van der Waals surface area contributed by atoms with Gasteiger partial charge in [0, 0.05) is 17.5 Å². The predicted molar refractivity (Wildman–Crippen MR) is 57.8 cm³/mol. The summed E-state index contributed by atoms with van der Waals surface area (Å²) < 4.78 is 18.5. The lowest BCUT2D eigenvalue weighted by atomic mass is 9.95. The standard InChI is InChI=1S/C12H16FNO/c1-14-8-12(5-6-12)10-7-9(13)3-4-11(10)15-2/h3-4,7,14H,5-6,8H2,1-2H3. The molecule has 0 amide bonds. The average molecular weight is 209 g/mol. The van der Waals surface area contributed by atoms with Gasteiger partial charge in [0.25, 0.3) is 0 Å². The van der Waals surface area contributed by atoms with E-state index in [2.05, 4.69) is 5.32 Å². The minimum Gasteiger partial charge on any atom is -0.496 e. The molecule has 1 N–H and O–H groups in total. The van der Waals surface area contributed by atoms with Gasteiger partial charge in [0.2, 0.25) is 0 Å². The van der Waals surface area contributed by atoms with Crippen LogP contribution in [-0.2, 0) is 5.41 Å². The number of hydrogen-bond donors (Lipinski definition) is 1. The van der Waals surface area contributed by atoms with E-state index in [1.165, 1.54) is 6.07 Å². The summed E-state index contributed by atoms with van der Waals surface area (Å²) in [5.74, 6) is 0.609. The minimum atomic E-state index is -0.187. The van der Waals surface area contributed by atoms with Crippen LogP contribution in [0.5, 0.6) is 5.75 Å². The SMILES string of the molecule is CNCC1(c2cc(F)ccc2OC)CC1. The van der Waals surface area contributed by atoms with E-state index in [1.54, 1.807) is 19.2 Å². The van der Waals surface area contributed by atoms with Gasteiger partial charge in [-0.3, -0.25) is 0 Å². The van der Waals surface area contributed by atoms with E-state index in [-0.39, 0.29) is 11.2 Å². The number of methoxy groups -OCH3 is 1. The van der Waals surface area contributed by atoms with Gasteiger partial charge in [-0.1, -0.05) is 0 Å². The molecule has 1 fully saturated rings. The van der Waals surface area contributed by atoms with Crippen molar-refractivity contribution in [2.24, 2.45) is 0 Å². The van der Waals surface area contributed by atoms with Crippen molar-refractivity contribution in [3.63, 3.8) is 0 Å². The Morgan fingerprint density at radius 3 is 2.73 bits per heavy atom. The van der Waals surface area contributed by atoms with Crippen molar-refractivity contribution >= 4 is 0 Å². The summed E-state index contributed by atoms with van der Waals surface area (Å²) in [4.78, 5) is 0. The summed E-state index contributed by atoms with van der Waals surface area (Å²) in [5, 5.41) is 3.16. The topological polar surface area (TPSA) is 21.3 Å². The van der Waals surface area contributed by atoms with Gasteiger partial charge in [0.1, 0.15) is 11.6 Å². The first kappa shape index (κ1) is 10.4. The van der Waals surface area contributed by atoms with Crippen molar-refractivity contribution < 1.29 is 9.13 Å². The van der Waals surface area contributed by atoms with E-state index in [1.807, 2.05) is 7.05 Å². The molecule has 1 aliphatic rings. The molecule has 0 saturated heterocycles. The summed E-state index contributed by atoms with van der Waals surface area (Å²) >= 11 is 0. The van der Waals surface area contributed by atoms with Crippen molar-refractivity contribution in [3.8, 4) is 5.75 Å². The predicted octanol–water partition coefficient (Wildman–Crippen LogP) is 2.09. The number of rotatable bonds is 4. The van der Waals surface area contributed by atoms with Crippen LogP contribution in [0.15, 0.2) is 18.2 Å². The van der Waals surface area contributed by atoms with Crippen LogP contribution in [0.3, 0.4) is 0 Å². The second kappa shape index (κ2) is 3.81. The molecule has 2 nitrogen and oxygen atoms in total. The second-order valence-electron chi connectivity index (χ2n) is 4.16. The highest BCUT2D eigenvalue weighted by Gasteiger charge is 2.45. The highest BCUT2D eigenvalue weighted by molar-refractivity contribution is 5.44. The van der Waals surface area contributed by atoms with Crippen LogP contribution in [0.2, 0.25) is 0 Å². The lowest BCUT2D eigenvalue weighted by Gasteiger charge is -2.18. The van der Waals surface area contributed by atoms with Gasteiger partial charge in [0.05, 0.1) is 7.11 Å². The summed E-state index contributed by atoms with van der Waals surface area (Å²) in [6.45, 7) is 0.882. The van der Waals surface area contributed by atoms with Gasteiger partial charge in [0.15, 0.2) is 0 Å². The quantitative estimate of drug-likeness (QED) is 0.819. The maximum atomic E-state index is 13.2. The minimum absolute atomic E-state index is 0.0994. The molecular formula is C12H16FNO. The molecule has 1 aromatic rings. The Bertz CT molecular complexity index is 361. The first-order valence-corrected chi connectivity index (χ1v) is 5.20. The smallest absolute Gasteiger partial charge is 0.123 e. The maximum Gasteiger partial charge on any atom is 0.123 e. The van der Waals surface area contributed by atoms with Crippen molar-refractivity contribution in [3.05, 3.63) is 29.6 Å². The summed E-state index contributed by atoms with van der Waals surface area (Å²) in [6, 6.07) is 4.75. The summed E-state index contributed by atoms with van der Waals surface area (Å²) in [7, 11) is 3.55. The Morgan fingerprint density at radius 2 is 2.20 bits per heavy atom. The third kappa shape index (κ3) is 1.84. The van der Waals surface area contributed by atoms with Crippen LogP contribution in [0.25, 0.3) is 0 Å². The molecule has 0 unspecified atom stereocenters. The van der Waals surface area contributed by atoms with Gasteiger partial charge in [-0.2, -0.15) is 0 Å². The van der Waals surface area contributed by atoms with E-state index >= 15 is 0 Å². The Balaban J connectivity index is 2.37. The highest BCUT2D eigenvalue weighted by Crippen LogP contribution is 2.50. The molecule has 2 rings (SSSR count). The van der Waals surface area contributed by atoms with Gasteiger partial charge in [-0.15, -0.1) is 0 Å². The Hall–Kier alpha value is -1.09. The molecule has 0 heterocycles. The number of benzene rings is 1. The van der Waals surface area contributed by atoms with Gasteiger partial charge in [-0.25, -0.2) is 4.39 Å². The average Bonchev–Trinajstić information content (AvgIpc) is 2.99. The summed E-state index contributed by atoms with van der Waals surface area (Å²) in [6.07, 6.45) is 2.21. The van der Waals surface area contributed by atoms with Crippen LogP contribution in [0.4, 0.5) is 4.39 Å². The Morgan fingerprint density at radius 1 is 1.47 bits per heavy atom. The molecule has 0 bridgehead atoms. The Kier molecular flexibility index (Phi) is 2.65. The van der Waals surface area contributed by atoms with E-state index in [0.29, 0.717) is 0 Å². The van der Waals surface area contributed by atoms with Crippen LogP contribution in [0.1, 0.15) is 18.4 Å². The molecule has 0 spiro atoms. The first-order chi connectivity index (χ1) is 7.22. The van der Waals surface area contributed by atoms with Gasteiger partial charge < -0.3 is 10.1 Å². The molecule has 0 atom stereocenters. The molecule has 15 heavy (non-hydrogen) atoms. The maximum absolute atomic E-state index is 13.2. The lowest BCUT2D eigenvalue weighted by Crippen LogP contribution is -2.24. The zero-order valence-corrected chi connectivity index (χ0v) is 9.14. The normalized spacial score (nSPS) is 17.5. The second-order valence-corrected chi connectivity index (χ2v) is 4.16. The largest absolute Gasteiger partial charge is 0.496 e. The lowest BCUT2D eigenvalue weighted by molar-refractivity contribution is 0.401. The number of nitrogens with one attached hydrogen (secondary N) is 1. The number of halogens is 1. The van der Waals surface area contributed by atoms with E-state index < -0.39 is 0 Å². The molecule has 82 valence electrons. The molecule has 3 heteroatoms. The van der Waals surface area contributed by atoms with Gasteiger partial charge >= 0.3 is 0 Å². The molecular weight excluding hydrogens is 193 g/mol. The van der Waals surface area contributed by atoms with E-state index in [9.17, 15) is 4.39 Å². The van der Waals surface area contributed by atoms with Gasteiger partial charge in [-0.05, 0) is 38.1 Å². The molecule has 1 aliphatic carbocycles. The fourth-order valence-electron chi connectivity index (χ4n) is 2.13. The van der Waals surface area contributed by atoms with Crippen LogP contribution >= 0.6 is 0 Å². The third-order valence-electron chi connectivity index (χ3n) is 3.10. The molecule has 1 saturated carbocycles. The van der Waals surface area contributed by atoms with E-state index in [0.717, 1.165) is 30.7 Å². The number of likely N-dealkylation sites (N-methyl/N-ethyl adjacent to an activating group) is 1. The first-order valence-electron chi connectivity index (χ1n) is 5.20. The van der Waals surface area contributed by atoms with Crippen LogP contribution in [-0.4, -0.2) is 20.7 Å². The van der Waals surface area contributed by atoms with Crippen LogP contribution in [0, 0.1) is 5.82 Å². The van der Waals surface area contributed by atoms with Crippen molar-refractivity contribution in [1.82, 2.24) is 5.32 Å². The fourth-order valence-corrected chi connectivity index (χ4v) is 2.13. The zero-order chi connectivity index (χ0) is 10.9. The number of hydrogen-bond acceptors (Lipinski definition) is 2. The summed E-state index contributed by atoms with van der Waals surface area (Å²) in [5.41, 5.74) is 1.10. The van der Waals surface area contributed by atoms with Crippen molar-refractivity contribution in [2.75, 3.05) is 20.7 Å².